The number of benzene rings is 3. The lowest BCUT2D eigenvalue weighted by atomic mass is 9.87. The molecule has 0 saturated heterocycles. The van der Waals surface area contributed by atoms with Crippen LogP contribution in [0, 0.1) is 6.92 Å². The molecule has 4 rings (SSSR count). The Morgan fingerprint density at radius 1 is 0.963 bits per heavy atom. The zero-order chi connectivity index (χ0) is 19.0. The molecule has 27 heavy (non-hydrogen) atoms. The second-order valence-corrected chi connectivity index (χ2v) is 7.79. The van der Waals surface area contributed by atoms with Gasteiger partial charge in [-0.15, -0.1) is 0 Å². The van der Waals surface area contributed by atoms with Crippen LogP contribution >= 0.6 is 23.2 Å². The standard InChI is InChI=1S/C23H19Cl2NO/c1-15-6-8-17(9-7-15)22-21-5-3-2-4-16(21)10-11-26(22)23(27)18-12-19(24)14-20(25)13-18/h2-9,12-14,22H,10-11H2,1H3. The molecule has 0 fully saturated rings. The fraction of sp³-hybridized carbons (Fsp3) is 0.174. The van der Waals surface area contributed by atoms with Gasteiger partial charge in [0.1, 0.15) is 0 Å². The van der Waals surface area contributed by atoms with E-state index in [-0.39, 0.29) is 11.9 Å². The summed E-state index contributed by atoms with van der Waals surface area (Å²) in [4.78, 5) is 15.3. The first-order valence-corrected chi connectivity index (χ1v) is 9.70. The SMILES string of the molecule is Cc1ccc(C2c3ccccc3CCN2C(=O)c2cc(Cl)cc(Cl)c2)cc1. The maximum absolute atomic E-state index is 13.4. The van der Waals surface area contributed by atoms with Gasteiger partial charge < -0.3 is 4.90 Å². The zero-order valence-corrected chi connectivity index (χ0v) is 16.5. The molecule has 1 aliphatic rings. The number of rotatable bonds is 2. The number of aryl methyl sites for hydroxylation is 1. The van der Waals surface area contributed by atoms with Crippen LogP contribution < -0.4 is 0 Å². The fourth-order valence-corrected chi connectivity index (χ4v) is 4.26. The number of fused-ring (bicyclic) bond motifs is 1. The van der Waals surface area contributed by atoms with Crippen molar-refractivity contribution in [3.05, 3.63) is 105 Å². The maximum Gasteiger partial charge on any atom is 0.254 e. The Labute approximate surface area is 169 Å². The van der Waals surface area contributed by atoms with Gasteiger partial charge in [-0.05, 0) is 48.2 Å². The van der Waals surface area contributed by atoms with E-state index in [1.807, 2.05) is 11.0 Å². The van der Waals surface area contributed by atoms with Gasteiger partial charge in [-0.3, -0.25) is 4.79 Å². The summed E-state index contributed by atoms with van der Waals surface area (Å²) >= 11 is 12.3. The quantitative estimate of drug-likeness (QED) is 0.513. The van der Waals surface area contributed by atoms with Crippen LogP contribution in [0.25, 0.3) is 0 Å². The smallest absolute Gasteiger partial charge is 0.254 e. The Balaban J connectivity index is 1.81. The van der Waals surface area contributed by atoms with E-state index in [0.29, 0.717) is 22.2 Å². The first-order valence-electron chi connectivity index (χ1n) is 8.94. The summed E-state index contributed by atoms with van der Waals surface area (Å²) in [7, 11) is 0. The number of carbonyl (C=O) groups excluding carboxylic acids is 1. The Morgan fingerprint density at radius 3 is 2.33 bits per heavy atom. The highest BCUT2D eigenvalue weighted by Crippen LogP contribution is 2.36. The minimum Gasteiger partial charge on any atom is -0.327 e. The van der Waals surface area contributed by atoms with E-state index in [0.717, 1.165) is 12.0 Å². The average molecular weight is 396 g/mol. The van der Waals surface area contributed by atoms with Crippen molar-refractivity contribution in [3.63, 3.8) is 0 Å². The van der Waals surface area contributed by atoms with Crippen molar-refractivity contribution < 1.29 is 4.79 Å². The van der Waals surface area contributed by atoms with E-state index >= 15 is 0 Å². The molecule has 4 heteroatoms. The normalized spacial score (nSPS) is 16.1. The van der Waals surface area contributed by atoms with Crippen LogP contribution in [0.15, 0.2) is 66.7 Å². The molecular formula is C23H19Cl2NO. The van der Waals surface area contributed by atoms with Crippen LogP contribution in [-0.4, -0.2) is 17.4 Å². The van der Waals surface area contributed by atoms with Gasteiger partial charge in [0.05, 0.1) is 6.04 Å². The van der Waals surface area contributed by atoms with E-state index in [9.17, 15) is 4.79 Å². The summed E-state index contributed by atoms with van der Waals surface area (Å²) in [5.74, 6) is -0.0560. The molecule has 0 N–H and O–H groups in total. The van der Waals surface area contributed by atoms with E-state index < -0.39 is 0 Å². The largest absolute Gasteiger partial charge is 0.327 e. The van der Waals surface area contributed by atoms with Gasteiger partial charge in [-0.1, -0.05) is 77.3 Å². The van der Waals surface area contributed by atoms with Gasteiger partial charge in [0.25, 0.3) is 5.91 Å². The predicted molar refractivity (Wildman–Crippen MR) is 111 cm³/mol. The molecule has 0 saturated carbocycles. The third-order valence-electron chi connectivity index (χ3n) is 5.05. The van der Waals surface area contributed by atoms with Crippen molar-refractivity contribution in [1.82, 2.24) is 4.90 Å². The summed E-state index contributed by atoms with van der Waals surface area (Å²) in [6.07, 6.45) is 0.832. The lowest BCUT2D eigenvalue weighted by molar-refractivity contribution is 0.0694. The van der Waals surface area contributed by atoms with E-state index in [1.54, 1.807) is 18.2 Å². The lowest BCUT2D eigenvalue weighted by Gasteiger charge is -2.38. The molecule has 0 bridgehead atoms. The highest BCUT2D eigenvalue weighted by atomic mass is 35.5. The van der Waals surface area contributed by atoms with Crippen molar-refractivity contribution in [3.8, 4) is 0 Å². The first-order chi connectivity index (χ1) is 13.0. The van der Waals surface area contributed by atoms with E-state index in [1.165, 1.54) is 16.7 Å². The number of carbonyl (C=O) groups is 1. The van der Waals surface area contributed by atoms with Gasteiger partial charge in [-0.2, -0.15) is 0 Å². The van der Waals surface area contributed by atoms with Crippen LogP contribution in [0.1, 0.15) is 38.7 Å². The molecule has 3 aromatic rings. The summed E-state index contributed by atoms with van der Waals surface area (Å²) in [6, 6.07) is 21.6. The monoisotopic (exact) mass is 395 g/mol. The number of nitrogens with zero attached hydrogens (tertiary/aromatic N) is 1. The Hall–Kier alpha value is -2.29. The molecular weight excluding hydrogens is 377 g/mol. The molecule has 1 atom stereocenters. The van der Waals surface area contributed by atoms with Crippen molar-refractivity contribution >= 4 is 29.1 Å². The molecule has 1 heterocycles. The number of hydrogen-bond donors (Lipinski definition) is 0. The topological polar surface area (TPSA) is 20.3 Å². The van der Waals surface area contributed by atoms with Gasteiger partial charge in [0.15, 0.2) is 0 Å². The number of amides is 1. The van der Waals surface area contributed by atoms with Gasteiger partial charge in [0, 0.05) is 22.2 Å². The first kappa shape index (κ1) is 18.1. The summed E-state index contributed by atoms with van der Waals surface area (Å²) < 4.78 is 0. The average Bonchev–Trinajstić information content (AvgIpc) is 2.66. The Morgan fingerprint density at radius 2 is 1.63 bits per heavy atom. The molecule has 0 aromatic heterocycles. The van der Waals surface area contributed by atoms with Crippen LogP contribution in [0.2, 0.25) is 10.0 Å². The number of hydrogen-bond acceptors (Lipinski definition) is 1. The highest BCUT2D eigenvalue weighted by Gasteiger charge is 2.32. The molecule has 0 spiro atoms. The van der Waals surface area contributed by atoms with Crippen LogP contribution in [0.4, 0.5) is 0 Å². The molecule has 0 aliphatic carbocycles. The third kappa shape index (κ3) is 3.60. The van der Waals surface area contributed by atoms with Crippen molar-refractivity contribution in [2.24, 2.45) is 0 Å². The number of halogens is 2. The second-order valence-electron chi connectivity index (χ2n) is 6.92. The molecule has 3 aromatic carbocycles. The Kier molecular flexibility index (Phi) is 4.94. The van der Waals surface area contributed by atoms with Crippen molar-refractivity contribution in [2.75, 3.05) is 6.54 Å². The van der Waals surface area contributed by atoms with Gasteiger partial charge in [0.2, 0.25) is 0 Å². The van der Waals surface area contributed by atoms with Crippen LogP contribution in [0.3, 0.4) is 0 Å². The van der Waals surface area contributed by atoms with Crippen molar-refractivity contribution in [2.45, 2.75) is 19.4 Å². The molecule has 0 radical (unpaired) electrons. The molecule has 1 amide bonds. The third-order valence-corrected chi connectivity index (χ3v) is 5.48. The minimum atomic E-state index is -0.124. The molecule has 1 unspecified atom stereocenters. The molecule has 2 nitrogen and oxygen atoms in total. The van der Waals surface area contributed by atoms with E-state index in [4.69, 9.17) is 23.2 Å². The van der Waals surface area contributed by atoms with Gasteiger partial charge >= 0.3 is 0 Å². The highest BCUT2D eigenvalue weighted by molar-refractivity contribution is 6.35. The fourth-order valence-electron chi connectivity index (χ4n) is 3.74. The minimum absolute atomic E-state index is 0.0560. The van der Waals surface area contributed by atoms with Crippen molar-refractivity contribution in [1.29, 1.82) is 0 Å². The second kappa shape index (κ2) is 7.38. The summed E-state index contributed by atoms with van der Waals surface area (Å²) in [6.45, 7) is 2.72. The van der Waals surface area contributed by atoms with Crippen LogP contribution in [-0.2, 0) is 6.42 Å². The van der Waals surface area contributed by atoms with Crippen LogP contribution in [0.5, 0.6) is 0 Å². The van der Waals surface area contributed by atoms with E-state index in [2.05, 4.69) is 49.4 Å². The Bertz CT molecular complexity index is 977. The lowest BCUT2D eigenvalue weighted by Crippen LogP contribution is -2.40. The summed E-state index contributed by atoms with van der Waals surface area (Å²) in [5.41, 5.74) is 5.28. The maximum atomic E-state index is 13.4. The molecule has 1 aliphatic heterocycles. The predicted octanol–water partition coefficient (Wildman–Crippen LogP) is 6.09. The zero-order valence-electron chi connectivity index (χ0n) is 15.0. The van der Waals surface area contributed by atoms with Gasteiger partial charge in [-0.25, -0.2) is 0 Å². The summed E-state index contributed by atoms with van der Waals surface area (Å²) in [5, 5.41) is 0.935. The molecule has 136 valence electrons.